The van der Waals surface area contributed by atoms with Crippen molar-refractivity contribution in [3.8, 4) is 0 Å². The van der Waals surface area contributed by atoms with Crippen LogP contribution in [0.4, 0.5) is 5.69 Å². The second-order valence-corrected chi connectivity index (χ2v) is 9.13. The summed E-state index contributed by atoms with van der Waals surface area (Å²) in [5.41, 5.74) is 0.798. The summed E-state index contributed by atoms with van der Waals surface area (Å²) >= 11 is 11.7. The number of nitrogens with one attached hydrogen (secondary N) is 2. The second kappa shape index (κ2) is 5.87. The van der Waals surface area contributed by atoms with E-state index < -0.39 is 31.1 Å². The molecule has 3 rings (SSSR count). The lowest BCUT2D eigenvalue weighted by Crippen LogP contribution is -2.38. The number of hydrogen-bond donors (Lipinski definition) is 3. The fraction of sp³-hybridized carbons (Fsp3) is 0.0769. The molecule has 2 aromatic carbocycles. The maximum absolute atomic E-state index is 12.5. The van der Waals surface area contributed by atoms with Crippen LogP contribution in [-0.2, 0) is 20.0 Å². The van der Waals surface area contributed by atoms with Gasteiger partial charge in [-0.2, -0.15) is 4.72 Å². The minimum absolute atomic E-state index is 0.171. The third kappa shape index (κ3) is 3.23. The summed E-state index contributed by atoms with van der Waals surface area (Å²) in [7, 11) is -8.13. The van der Waals surface area contributed by atoms with Gasteiger partial charge >= 0.3 is 0 Å². The molecule has 128 valence electrons. The molecule has 7 nitrogen and oxygen atoms in total. The highest BCUT2D eigenvalue weighted by Gasteiger charge is 2.32. The SMILES string of the molecule is NS(=O)(=O)c1cc2c(cc1Cl)N[C@H](c1ccc(Cl)cc1)NS2(=O)=O. The topological polar surface area (TPSA) is 118 Å². The average Bonchev–Trinajstić information content (AvgIpc) is 2.45. The average molecular weight is 408 g/mol. The Morgan fingerprint density at radius 3 is 2.29 bits per heavy atom. The van der Waals surface area contributed by atoms with Crippen LogP contribution in [0.1, 0.15) is 11.7 Å². The smallest absolute Gasteiger partial charge is 0.244 e. The van der Waals surface area contributed by atoms with Gasteiger partial charge in [-0.3, -0.25) is 0 Å². The van der Waals surface area contributed by atoms with Gasteiger partial charge in [0.25, 0.3) is 0 Å². The Morgan fingerprint density at radius 1 is 1.08 bits per heavy atom. The number of anilines is 1. The van der Waals surface area contributed by atoms with E-state index in [2.05, 4.69) is 10.0 Å². The highest BCUT2D eigenvalue weighted by Crippen LogP contribution is 2.36. The zero-order chi connectivity index (χ0) is 17.7. The van der Waals surface area contributed by atoms with E-state index in [9.17, 15) is 16.8 Å². The first-order chi connectivity index (χ1) is 11.1. The molecule has 4 N–H and O–H groups in total. The van der Waals surface area contributed by atoms with Crippen LogP contribution in [-0.4, -0.2) is 16.8 Å². The molecular formula is C13H11Cl2N3O4S2. The number of halogens is 2. The molecule has 0 aromatic heterocycles. The van der Waals surface area contributed by atoms with Gasteiger partial charge in [0.1, 0.15) is 16.0 Å². The third-order valence-electron chi connectivity index (χ3n) is 3.41. The molecule has 1 atom stereocenters. The van der Waals surface area contributed by atoms with Crippen molar-refractivity contribution in [2.45, 2.75) is 16.0 Å². The van der Waals surface area contributed by atoms with Gasteiger partial charge in [-0.25, -0.2) is 22.0 Å². The van der Waals surface area contributed by atoms with Crippen LogP contribution >= 0.6 is 23.2 Å². The molecule has 24 heavy (non-hydrogen) atoms. The molecule has 0 unspecified atom stereocenters. The van der Waals surface area contributed by atoms with Gasteiger partial charge in [0.2, 0.25) is 20.0 Å². The zero-order valence-corrected chi connectivity index (χ0v) is 15.0. The highest BCUT2D eigenvalue weighted by atomic mass is 35.5. The predicted molar refractivity (Wildman–Crippen MR) is 91.0 cm³/mol. The van der Waals surface area contributed by atoms with Crippen molar-refractivity contribution < 1.29 is 16.8 Å². The van der Waals surface area contributed by atoms with E-state index in [4.69, 9.17) is 28.3 Å². The van der Waals surface area contributed by atoms with E-state index >= 15 is 0 Å². The lowest BCUT2D eigenvalue weighted by atomic mass is 10.1. The van der Waals surface area contributed by atoms with Gasteiger partial charge in [-0.15, -0.1) is 0 Å². The van der Waals surface area contributed by atoms with Crippen molar-refractivity contribution in [3.05, 3.63) is 52.0 Å². The first kappa shape index (κ1) is 17.5. The molecule has 1 aliphatic heterocycles. The van der Waals surface area contributed by atoms with Gasteiger partial charge in [0, 0.05) is 5.02 Å². The summed E-state index contributed by atoms with van der Waals surface area (Å²) in [5.74, 6) is 0. The minimum Gasteiger partial charge on any atom is -0.364 e. The van der Waals surface area contributed by atoms with Crippen molar-refractivity contribution in [1.82, 2.24) is 4.72 Å². The van der Waals surface area contributed by atoms with Gasteiger partial charge in [0.15, 0.2) is 0 Å². The van der Waals surface area contributed by atoms with Crippen molar-refractivity contribution in [2.24, 2.45) is 5.14 Å². The number of fused-ring (bicyclic) bond motifs is 1. The standard InChI is InChI=1S/C13H11Cl2N3O4S2/c14-8-3-1-7(2-4-8)13-17-10-5-9(15)11(23(16,19)20)6-12(10)24(21,22)18-13/h1-6,13,17-18H,(H2,16,19,20)/t13-/m0/s1. The van der Waals surface area contributed by atoms with E-state index in [1.807, 2.05) is 0 Å². The zero-order valence-electron chi connectivity index (χ0n) is 11.8. The molecule has 0 saturated carbocycles. The first-order valence-corrected chi connectivity index (χ1v) is 10.3. The monoisotopic (exact) mass is 407 g/mol. The fourth-order valence-electron chi connectivity index (χ4n) is 2.30. The summed E-state index contributed by atoms with van der Waals surface area (Å²) in [6, 6.07) is 8.72. The molecule has 0 saturated heterocycles. The lowest BCUT2D eigenvalue weighted by Gasteiger charge is -2.28. The van der Waals surface area contributed by atoms with Crippen LogP contribution in [0, 0.1) is 0 Å². The van der Waals surface area contributed by atoms with Gasteiger partial charge in [-0.05, 0) is 29.8 Å². The van der Waals surface area contributed by atoms with Crippen LogP contribution in [0.25, 0.3) is 0 Å². The van der Waals surface area contributed by atoms with Gasteiger partial charge in [0.05, 0.1) is 10.7 Å². The Balaban J connectivity index is 2.12. The molecule has 0 amide bonds. The van der Waals surface area contributed by atoms with Crippen LogP contribution in [0.3, 0.4) is 0 Å². The quantitative estimate of drug-likeness (QED) is 0.703. The number of sulfonamides is 2. The Morgan fingerprint density at radius 2 is 1.71 bits per heavy atom. The van der Waals surface area contributed by atoms with Crippen molar-refractivity contribution in [3.63, 3.8) is 0 Å². The number of primary sulfonamides is 1. The fourth-order valence-corrected chi connectivity index (χ4v) is 4.91. The van der Waals surface area contributed by atoms with E-state index in [-0.39, 0.29) is 15.6 Å². The number of nitrogens with two attached hydrogens (primary N) is 1. The highest BCUT2D eigenvalue weighted by molar-refractivity contribution is 7.90. The molecule has 1 aliphatic rings. The second-order valence-electron chi connectivity index (χ2n) is 5.07. The lowest BCUT2D eigenvalue weighted by molar-refractivity contribution is 0.562. The van der Waals surface area contributed by atoms with Crippen LogP contribution < -0.4 is 15.2 Å². The van der Waals surface area contributed by atoms with Crippen molar-refractivity contribution in [2.75, 3.05) is 5.32 Å². The van der Waals surface area contributed by atoms with E-state index in [0.29, 0.717) is 10.6 Å². The van der Waals surface area contributed by atoms with E-state index in [1.54, 1.807) is 24.3 Å². The maximum Gasteiger partial charge on any atom is 0.244 e. The Kier molecular flexibility index (Phi) is 4.27. The Labute approximate surface area is 148 Å². The van der Waals surface area contributed by atoms with Gasteiger partial charge < -0.3 is 5.32 Å². The van der Waals surface area contributed by atoms with Crippen molar-refractivity contribution in [1.29, 1.82) is 0 Å². The Hall–Kier alpha value is -1.36. The third-order valence-corrected chi connectivity index (χ3v) is 6.50. The molecular weight excluding hydrogens is 397 g/mol. The Bertz CT molecular complexity index is 1020. The van der Waals surface area contributed by atoms with Crippen LogP contribution in [0.15, 0.2) is 46.2 Å². The van der Waals surface area contributed by atoms with Crippen LogP contribution in [0.5, 0.6) is 0 Å². The summed E-state index contributed by atoms with van der Waals surface area (Å²) in [6.45, 7) is 0. The maximum atomic E-state index is 12.5. The van der Waals surface area contributed by atoms with E-state index in [1.165, 1.54) is 6.07 Å². The molecule has 0 spiro atoms. The summed E-state index contributed by atoms with van der Waals surface area (Å²) in [5, 5.41) is 8.35. The number of rotatable bonds is 2. The molecule has 2 aromatic rings. The number of hydrogen-bond acceptors (Lipinski definition) is 5. The molecule has 1 heterocycles. The van der Waals surface area contributed by atoms with Gasteiger partial charge in [-0.1, -0.05) is 35.3 Å². The predicted octanol–water partition coefficient (Wildman–Crippen LogP) is 2.04. The van der Waals surface area contributed by atoms with E-state index in [0.717, 1.165) is 6.07 Å². The summed E-state index contributed by atoms with van der Waals surface area (Å²) in [4.78, 5) is -0.707. The van der Waals surface area contributed by atoms with Crippen molar-refractivity contribution >= 4 is 48.9 Å². The minimum atomic E-state index is -4.15. The normalized spacial score (nSPS) is 19.4. The summed E-state index contributed by atoms with van der Waals surface area (Å²) < 4.78 is 50.4. The first-order valence-electron chi connectivity index (χ1n) is 6.48. The molecule has 0 radical (unpaired) electrons. The summed E-state index contributed by atoms with van der Waals surface area (Å²) in [6.07, 6.45) is -0.754. The molecule has 11 heteroatoms. The molecule has 0 aliphatic carbocycles. The number of benzene rings is 2. The molecule has 0 bridgehead atoms. The van der Waals surface area contributed by atoms with Crippen LogP contribution in [0.2, 0.25) is 10.0 Å². The largest absolute Gasteiger partial charge is 0.364 e. The molecule has 0 fully saturated rings.